The molecule has 0 aliphatic rings. The first-order chi connectivity index (χ1) is 6.60. The SMILES string of the molecule is O=CCc1ccc(C(F)(F)CF)cc1. The molecule has 1 rings (SSSR count). The van der Waals surface area contributed by atoms with Crippen LogP contribution in [0.3, 0.4) is 0 Å². The molecule has 0 bridgehead atoms. The van der Waals surface area contributed by atoms with E-state index in [4.69, 9.17) is 0 Å². The van der Waals surface area contributed by atoms with Gasteiger partial charge < -0.3 is 4.79 Å². The zero-order chi connectivity index (χ0) is 10.6. The first kappa shape index (κ1) is 10.8. The summed E-state index contributed by atoms with van der Waals surface area (Å²) in [4.78, 5) is 10.1. The van der Waals surface area contributed by atoms with Crippen LogP contribution in [0.2, 0.25) is 0 Å². The average molecular weight is 202 g/mol. The van der Waals surface area contributed by atoms with Crippen molar-refractivity contribution in [2.45, 2.75) is 12.3 Å². The van der Waals surface area contributed by atoms with Crippen molar-refractivity contribution >= 4 is 6.29 Å². The van der Waals surface area contributed by atoms with Crippen molar-refractivity contribution in [2.24, 2.45) is 0 Å². The molecule has 1 aromatic carbocycles. The van der Waals surface area contributed by atoms with Gasteiger partial charge >= 0.3 is 5.92 Å². The summed E-state index contributed by atoms with van der Waals surface area (Å²) in [6.45, 7) is -1.71. The van der Waals surface area contributed by atoms with Gasteiger partial charge in [-0.2, -0.15) is 8.78 Å². The van der Waals surface area contributed by atoms with Crippen molar-refractivity contribution in [1.82, 2.24) is 0 Å². The number of alkyl halides is 3. The Morgan fingerprint density at radius 3 is 2.21 bits per heavy atom. The Morgan fingerprint density at radius 2 is 1.79 bits per heavy atom. The van der Waals surface area contributed by atoms with Crippen LogP contribution in [0, 0.1) is 0 Å². The predicted octanol–water partition coefficient (Wildman–Crippen LogP) is 2.49. The zero-order valence-electron chi connectivity index (χ0n) is 7.34. The Morgan fingerprint density at radius 1 is 1.21 bits per heavy atom. The van der Waals surface area contributed by atoms with Crippen LogP contribution in [-0.2, 0) is 17.1 Å². The topological polar surface area (TPSA) is 17.1 Å². The molecule has 0 aliphatic carbocycles. The highest BCUT2D eigenvalue weighted by Crippen LogP contribution is 2.28. The summed E-state index contributed by atoms with van der Waals surface area (Å²) >= 11 is 0. The fourth-order valence-electron chi connectivity index (χ4n) is 1.06. The number of carbonyl (C=O) groups excluding carboxylic acids is 1. The molecule has 1 nitrogen and oxygen atoms in total. The van der Waals surface area contributed by atoms with Crippen LogP contribution in [0.1, 0.15) is 11.1 Å². The molecule has 4 heteroatoms. The van der Waals surface area contributed by atoms with Gasteiger partial charge in [0.2, 0.25) is 0 Å². The molecular formula is C10H9F3O. The van der Waals surface area contributed by atoms with E-state index in [1.54, 1.807) is 0 Å². The Bertz CT molecular complexity index is 306. The van der Waals surface area contributed by atoms with Gasteiger partial charge in [-0.3, -0.25) is 0 Å². The number of aldehydes is 1. The highest BCUT2D eigenvalue weighted by atomic mass is 19.3. The van der Waals surface area contributed by atoms with Crippen LogP contribution < -0.4 is 0 Å². The number of rotatable bonds is 4. The van der Waals surface area contributed by atoms with Crippen LogP contribution in [0.15, 0.2) is 24.3 Å². The summed E-state index contributed by atoms with van der Waals surface area (Å²) in [6.07, 6.45) is 0.865. The van der Waals surface area contributed by atoms with Gasteiger partial charge in [0.15, 0.2) is 6.67 Å². The summed E-state index contributed by atoms with van der Waals surface area (Å²) in [7, 11) is 0. The maximum Gasteiger partial charge on any atom is 0.301 e. The number of hydrogen-bond donors (Lipinski definition) is 0. The van der Waals surface area contributed by atoms with Crippen LogP contribution in [0.5, 0.6) is 0 Å². The minimum absolute atomic E-state index is 0.182. The lowest BCUT2D eigenvalue weighted by Crippen LogP contribution is -2.15. The summed E-state index contributed by atoms with van der Waals surface area (Å²) in [5, 5.41) is 0. The highest BCUT2D eigenvalue weighted by Gasteiger charge is 2.31. The van der Waals surface area contributed by atoms with E-state index in [2.05, 4.69) is 0 Å². The third-order valence-corrected chi connectivity index (χ3v) is 1.86. The molecule has 1 aromatic rings. The molecule has 0 fully saturated rings. The van der Waals surface area contributed by atoms with Crippen LogP contribution in [0.4, 0.5) is 13.2 Å². The van der Waals surface area contributed by atoms with E-state index >= 15 is 0 Å². The first-order valence-corrected chi connectivity index (χ1v) is 4.07. The van der Waals surface area contributed by atoms with Gasteiger partial charge in [0, 0.05) is 12.0 Å². The second-order valence-corrected chi connectivity index (χ2v) is 2.91. The second kappa shape index (κ2) is 4.26. The van der Waals surface area contributed by atoms with E-state index in [0.717, 1.165) is 12.1 Å². The lowest BCUT2D eigenvalue weighted by molar-refractivity contribution is -0.107. The van der Waals surface area contributed by atoms with Gasteiger partial charge in [0.25, 0.3) is 0 Å². The van der Waals surface area contributed by atoms with Crippen LogP contribution >= 0.6 is 0 Å². The Kier molecular flexibility index (Phi) is 3.28. The number of hydrogen-bond acceptors (Lipinski definition) is 1. The Balaban J connectivity index is 2.87. The molecule has 76 valence electrons. The molecule has 0 radical (unpaired) electrons. The Hall–Kier alpha value is -1.32. The zero-order valence-corrected chi connectivity index (χ0v) is 7.34. The van der Waals surface area contributed by atoms with Gasteiger partial charge in [-0.25, -0.2) is 4.39 Å². The monoisotopic (exact) mass is 202 g/mol. The number of carbonyl (C=O) groups is 1. The van der Waals surface area contributed by atoms with E-state index in [-0.39, 0.29) is 12.0 Å². The largest absolute Gasteiger partial charge is 0.303 e. The van der Waals surface area contributed by atoms with Gasteiger partial charge in [-0.05, 0) is 5.56 Å². The van der Waals surface area contributed by atoms with Crippen molar-refractivity contribution in [2.75, 3.05) is 6.67 Å². The van der Waals surface area contributed by atoms with E-state index in [1.165, 1.54) is 12.1 Å². The maximum absolute atomic E-state index is 12.8. The summed E-state index contributed by atoms with van der Waals surface area (Å²) in [5.41, 5.74) is 0.271. The predicted molar refractivity (Wildman–Crippen MR) is 46.1 cm³/mol. The lowest BCUT2D eigenvalue weighted by Gasteiger charge is -2.12. The molecule has 0 saturated heterocycles. The van der Waals surface area contributed by atoms with Gasteiger partial charge in [-0.1, -0.05) is 24.3 Å². The number of halogens is 3. The van der Waals surface area contributed by atoms with Crippen molar-refractivity contribution in [1.29, 1.82) is 0 Å². The second-order valence-electron chi connectivity index (χ2n) is 2.91. The lowest BCUT2D eigenvalue weighted by atomic mass is 10.1. The van der Waals surface area contributed by atoms with Crippen molar-refractivity contribution in [3.05, 3.63) is 35.4 Å². The van der Waals surface area contributed by atoms with E-state index < -0.39 is 12.6 Å². The van der Waals surface area contributed by atoms with Gasteiger partial charge in [0.05, 0.1) is 0 Å². The van der Waals surface area contributed by atoms with E-state index in [1.807, 2.05) is 0 Å². The molecule has 0 spiro atoms. The normalized spacial score (nSPS) is 11.4. The maximum atomic E-state index is 12.8. The summed E-state index contributed by atoms with van der Waals surface area (Å²) in [6, 6.07) is 5.07. The minimum Gasteiger partial charge on any atom is -0.303 e. The molecule has 0 unspecified atom stereocenters. The standard InChI is InChI=1S/C10H9F3O/c11-7-10(12,13)9-3-1-8(2-4-9)5-6-14/h1-4,6H,5,7H2. The molecule has 0 N–H and O–H groups in total. The van der Waals surface area contributed by atoms with Gasteiger partial charge in [-0.15, -0.1) is 0 Å². The van der Waals surface area contributed by atoms with E-state index in [9.17, 15) is 18.0 Å². The van der Waals surface area contributed by atoms with Crippen molar-refractivity contribution < 1.29 is 18.0 Å². The third-order valence-electron chi connectivity index (χ3n) is 1.86. The summed E-state index contributed by atoms with van der Waals surface area (Å²) in [5.74, 6) is -3.43. The first-order valence-electron chi connectivity index (χ1n) is 4.07. The minimum atomic E-state index is -3.43. The smallest absolute Gasteiger partial charge is 0.301 e. The van der Waals surface area contributed by atoms with Crippen LogP contribution in [0.25, 0.3) is 0 Å². The quantitative estimate of drug-likeness (QED) is 0.685. The molecule has 0 amide bonds. The van der Waals surface area contributed by atoms with Gasteiger partial charge in [0.1, 0.15) is 6.29 Å². The molecule has 0 saturated carbocycles. The fourth-order valence-corrected chi connectivity index (χ4v) is 1.06. The number of benzene rings is 1. The molecule has 0 aromatic heterocycles. The average Bonchev–Trinajstić information content (AvgIpc) is 2.19. The Labute approximate surface area is 79.5 Å². The molecule has 0 aliphatic heterocycles. The van der Waals surface area contributed by atoms with Crippen molar-refractivity contribution in [3.63, 3.8) is 0 Å². The molecule has 0 atom stereocenters. The van der Waals surface area contributed by atoms with Crippen molar-refractivity contribution in [3.8, 4) is 0 Å². The molecule has 0 heterocycles. The summed E-state index contributed by atoms with van der Waals surface area (Å²) < 4.78 is 37.4. The molecule has 14 heavy (non-hydrogen) atoms. The third kappa shape index (κ3) is 2.34. The fraction of sp³-hybridized carbons (Fsp3) is 0.300. The van der Waals surface area contributed by atoms with Crippen LogP contribution in [-0.4, -0.2) is 13.0 Å². The molecular weight excluding hydrogens is 193 g/mol. The van der Waals surface area contributed by atoms with E-state index in [0.29, 0.717) is 11.8 Å². The highest BCUT2D eigenvalue weighted by molar-refractivity contribution is 5.54.